The molecule has 3 N–H and O–H groups in total. The Morgan fingerprint density at radius 2 is 2.25 bits per heavy atom. The highest BCUT2D eigenvalue weighted by Gasteiger charge is 2.33. The molecule has 2 aliphatic rings. The molecule has 0 amide bonds. The highest BCUT2D eigenvalue weighted by molar-refractivity contribution is 7.79. The number of amidine groups is 1. The number of nitrogens with one attached hydrogen (secondary N) is 1. The Bertz CT molecular complexity index is 287. The number of nitrogens with two attached hydrogens (primary N) is 1. The van der Waals surface area contributed by atoms with Crippen LogP contribution in [0.3, 0.4) is 0 Å². The summed E-state index contributed by atoms with van der Waals surface area (Å²) in [6.07, 6.45) is 6.88. The molecule has 0 aromatic heterocycles. The van der Waals surface area contributed by atoms with Crippen LogP contribution < -0.4 is 11.2 Å². The van der Waals surface area contributed by atoms with Gasteiger partial charge in [-0.15, -0.1) is 0 Å². The van der Waals surface area contributed by atoms with Gasteiger partial charge in [0.1, 0.15) is 5.84 Å². The standard InChI is InChI=1S/C11H19N3OS/c12-8-11(4-2-1-3-5-11)6-9-13-10(7-16)15-14-9/h7,10H,1-6,8,12H2,(H,13,14). The Morgan fingerprint density at radius 3 is 2.81 bits per heavy atom. The minimum Gasteiger partial charge on any atom is -0.330 e. The molecular weight excluding hydrogens is 222 g/mol. The van der Waals surface area contributed by atoms with Gasteiger partial charge in [0.05, 0.1) is 0 Å². The molecule has 2 rings (SSSR count). The second-order valence-electron chi connectivity index (χ2n) is 4.76. The van der Waals surface area contributed by atoms with Crippen LogP contribution in [0.15, 0.2) is 4.99 Å². The van der Waals surface area contributed by atoms with Crippen molar-refractivity contribution in [1.29, 1.82) is 0 Å². The van der Waals surface area contributed by atoms with Gasteiger partial charge in [0.15, 0.2) is 0 Å². The number of hydrogen-bond acceptors (Lipinski definition) is 5. The fourth-order valence-corrected chi connectivity index (χ4v) is 2.70. The van der Waals surface area contributed by atoms with Crippen LogP contribution in [0.25, 0.3) is 0 Å². The van der Waals surface area contributed by atoms with Crippen molar-refractivity contribution in [2.24, 2.45) is 16.1 Å². The summed E-state index contributed by atoms with van der Waals surface area (Å²) >= 11 is 4.80. The normalized spacial score (nSPS) is 28.3. The van der Waals surface area contributed by atoms with Crippen LogP contribution in [0.4, 0.5) is 0 Å². The molecule has 0 bridgehead atoms. The minimum atomic E-state index is -0.302. The van der Waals surface area contributed by atoms with E-state index in [-0.39, 0.29) is 11.6 Å². The van der Waals surface area contributed by atoms with E-state index in [9.17, 15) is 0 Å². The molecular formula is C11H19N3OS. The SMILES string of the molecule is NCC1(CC2=NC(C=S)ON2)CCCCC1. The van der Waals surface area contributed by atoms with Gasteiger partial charge >= 0.3 is 0 Å². The van der Waals surface area contributed by atoms with Crippen molar-refractivity contribution >= 4 is 23.4 Å². The number of rotatable bonds is 4. The summed E-state index contributed by atoms with van der Waals surface area (Å²) in [5.74, 6) is 0.901. The lowest BCUT2D eigenvalue weighted by Gasteiger charge is -2.35. The first-order chi connectivity index (χ1) is 7.78. The third kappa shape index (κ3) is 2.59. The molecule has 0 spiro atoms. The van der Waals surface area contributed by atoms with Crippen LogP contribution in [0.1, 0.15) is 38.5 Å². The summed E-state index contributed by atoms with van der Waals surface area (Å²) in [5.41, 5.74) is 9.02. The average molecular weight is 241 g/mol. The topological polar surface area (TPSA) is 59.6 Å². The molecule has 5 heteroatoms. The van der Waals surface area contributed by atoms with Gasteiger partial charge < -0.3 is 5.73 Å². The average Bonchev–Trinajstić information content (AvgIpc) is 2.78. The second-order valence-corrected chi connectivity index (χ2v) is 5.04. The maximum Gasteiger partial charge on any atom is 0.205 e. The van der Waals surface area contributed by atoms with Crippen molar-refractivity contribution in [3.63, 3.8) is 0 Å². The van der Waals surface area contributed by atoms with Crippen molar-refractivity contribution in [3.05, 3.63) is 0 Å². The number of nitrogens with zero attached hydrogens (tertiary/aromatic N) is 1. The Labute approximate surface area is 102 Å². The number of hydroxylamine groups is 1. The maximum absolute atomic E-state index is 5.93. The second kappa shape index (κ2) is 5.21. The molecule has 1 aliphatic carbocycles. The van der Waals surface area contributed by atoms with Gasteiger partial charge in [-0.2, -0.15) is 0 Å². The lowest BCUT2D eigenvalue weighted by atomic mass is 9.71. The lowest BCUT2D eigenvalue weighted by molar-refractivity contribution is 0.0803. The van der Waals surface area contributed by atoms with Gasteiger partial charge in [-0.3, -0.25) is 5.48 Å². The molecule has 4 nitrogen and oxygen atoms in total. The summed E-state index contributed by atoms with van der Waals surface area (Å²) in [4.78, 5) is 9.55. The largest absolute Gasteiger partial charge is 0.330 e. The van der Waals surface area contributed by atoms with Crippen LogP contribution in [0, 0.1) is 5.41 Å². The first kappa shape index (κ1) is 12.0. The van der Waals surface area contributed by atoms with Gasteiger partial charge in [-0.25, -0.2) is 9.83 Å². The molecule has 1 atom stereocenters. The molecule has 0 aromatic rings. The van der Waals surface area contributed by atoms with Crippen molar-refractivity contribution in [2.45, 2.75) is 44.8 Å². The van der Waals surface area contributed by atoms with Gasteiger partial charge in [-0.1, -0.05) is 31.5 Å². The number of aliphatic imine (C=N–C) groups is 1. The first-order valence-electron chi connectivity index (χ1n) is 5.92. The molecule has 0 radical (unpaired) electrons. The highest BCUT2D eigenvalue weighted by Crippen LogP contribution is 2.38. The predicted molar refractivity (Wildman–Crippen MR) is 68.3 cm³/mol. The summed E-state index contributed by atoms with van der Waals surface area (Å²) in [6, 6.07) is 0. The zero-order chi connectivity index (χ0) is 11.4. The monoisotopic (exact) mass is 241 g/mol. The number of hydrogen-bond donors (Lipinski definition) is 2. The van der Waals surface area contributed by atoms with Gasteiger partial charge in [0, 0.05) is 11.8 Å². The first-order valence-corrected chi connectivity index (χ1v) is 6.39. The smallest absolute Gasteiger partial charge is 0.205 e. The van der Waals surface area contributed by atoms with Gasteiger partial charge in [0.25, 0.3) is 0 Å². The van der Waals surface area contributed by atoms with Gasteiger partial charge in [0.2, 0.25) is 6.23 Å². The van der Waals surface area contributed by atoms with E-state index < -0.39 is 0 Å². The Morgan fingerprint density at radius 1 is 1.50 bits per heavy atom. The van der Waals surface area contributed by atoms with Crippen molar-refractivity contribution < 1.29 is 4.84 Å². The summed E-state index contributed by atoms with van der Waals surface area (Å²) in [5, 5.41) is 1.52. The molecule has 1 fully saturated rings. The van der Waals surface area contributed by atoms with Crippen LogP contribution in [0.2, 0.25) is 0 Å². The summed E-state index contributed by atoms with van der Waals surface area (Å²) in [7, 11) is 0. The zero-order valence-electron chi connectivity index (χ0n) is 9.45. The third-order valence-electron chi connectivity index (χ3n) is 3.59. The maximum atomic E-state index is 5.93. The zero-order valence-corrected chi connectivity index (χ0v) is 10.3. The molecule has 0 saturated heterocycles. The Kier molecular flexibility index (Phi) is 3.89. The Hall–Kier alpha value is -0.520. The predicted octanol–water partition coefficient (Wildman–Crippen LogP) is 1.54. The fraction of sp³-hybridized carbons (Fsp3) is 0.818. The molecule has 0 aromatic carbocycles. The summed E-state index contributed by atoms with van der Waals surface area (Å²) < 4.78 is 0. The third-order valence-corrected chi connectivity index (χ3v) is 3.82. The van der Waals surface area contributed by atoms with E-state index in [0.29, 0.717) is 0 Å². The van der Waals surface area contributed by atoms with Crippen molar-refractivity contribution in [2.75, 3.05) is 6.54 Å². The molecule has 90 valence electrons. The number of thiocarbonyl (C=S) groups is 1. The van der Waals surface area contributed by atoms with E-state index in [4.69, 9.17) is 22.8 Å². The lowest BCUT2D eigenvalue weighted by Crippen LogP contribution is -2.37. The van der Waals surface area contributed by atoms with Gasteiger partial charge in [-0.05, 0) is 24.8 Å². The van der Waals surface area contributed by atoms with E-state index >= 15 is 0 Å². The molecule has 1 aliphatic heterocycles. The van der Waals surface area contributed by atoms with Crippen molar-refractivity contribution in [3.8, 4) is 0 Å². The summed E-state index contributed by atoms with van der Waals surface area (Å²) in [6.45, 7) is 0.732. The van der Waals surface area contributed by atoms with Crippen LogP contribution in [-0.4, -0.2) is 24.0 Å². The van der Waals surface area contributed by atoms with E-state index in [1.54, 1.807) is 0 Å². The van der Waals surface area contributed by atoms with E-state index in [1.165, 1.54) is 37.5 Å². The molecule has 1 heterocycles. The minimum absolute atomic E-state index is 0.226. The van der Waals surface area contributed by atoms with Crippen molar-refractivity contribution in [1.82, 2.24) is 5.48 Å². The Balaban J connectivity index is 1.98. The van der Waals surface area contributed by atoms with E-state index in [2.05, 4.69) is 10.5 Å². The van der Waals surface area contributed by atoms with Crippen LogP contribution in [0.5, 0.6) is 0 Å². The quantitative estimate of drug-likeness (QED) is 0.733. The molecule has 1 saturated carbocycles. The fourth-order valence-electron chi connectivity index (χ4n) is 2.58. The van der Waals surface area contributed by atoms with E-state index in [0.717, 1.165) is 18.8 Å². The highest BCUT2D eigenvalue weighted by atomic mass is 32.1. The van der Waals surface area contributed by atoms with Crippen LogP contribution >= 0.6 is 12.2 Å². The van der Waals surface area contributed by atoms with Crippen LogP contribution in [-0.2, 0) is 4.84 Å². The van der Waals surface area contributed by atoms with E-state index in [1.807, 2.05) is 0 Å². The molecule has 1 unspecified atom stereocenters. The molecule has 16 heavy (non-hydrogen) atoms.